The van der Waals surface area contributed by atoms with E-state index in [2.05, 4.69) is 33.5 Å². The number of hydrogen-bond acceptors (Lipinski definition) is 6. The summed E-state index contributed by atoms with van der Waals surface area (Å²) < 4.78 is 2.03. The summed E-state index contributed by atoms with van der Waals surface area (Å²) in [7, 11) is 0. The summed E-state index contributed by atoms with van der Waals surface area (Å²) in [5, 5.41) is 20.8. The number of pyridine rings is 1. The number of amides is 1. The number of thioether (sulfide) groups is 1. The minimum Gasteiger partial charge on any atom is -0.325 e. The smallest absolute Gasteiger partial charge is 0.237 e. The summed E-state index contributed by atoms with van der Waals surface area (Å²) in [6.45, 7) is 4.67. The third-order valence-corrected chi connectivity index (χ3v) is 5.09. The van der Waals surface area contributed by atoms with Gasteiger partial charge in [-0.25, -0.2) is 0 Å². The molecule has 0 unspecified atom stereocenters. The molecule has 1 amide bonds. The lowest BCUT2D eigenvalue weighted by molar-refractivity contribution is -0.115. The summed E-state index contributed by atoms with van der Waals surface area (Å²) in [5.74, 6) is 0.609. The second-order valence-electron chi connectivity index (χ2n) is 6.14. The Morgan fingerprint density at radius 3 is 2.79 bits per heavy atom. The van der Waals surface area contributed by atoms with E-state index in [4.69, 9.17) is 5.26 Å². The molecule has 0 fully saturated rings. The van der Waals surface area contributed by atoms with Crippen molar-refractivity contribution in [2.24, 2.45) is 0 Å². The van der Waals surface area contributed by atoms with E-state index in [-0.39, 0.29) is 11.2 Å². The van der Waals surface area contributed by atoms with Gasteiger partial charge in [0, 0.05) is 30.2 Å². The summed E-state index contributed by atoms with van der Waals surface area (Å²) in [5.41, 5.74) is 2.04. The van der Waals surface area contributed by atoms with Gasteiger partial charge < -0.3 is 9.88 Å². The number of carbonyl (C=O) groups is 1. The van der Waals surface area contributed by atoms with Crippen molar-refractivity contribution >= 4 is 23.4 Å². The summed E-state index contributed by atoms with van der Waals surface area (Å²) >= 11 is 1.36. The van der Waals surface area contributed by atoms with Crippen molar-refractivity contribution in [3.63, 3.8) is 0 Å². The van der Waals surface area contributed by atoms with Gasteiger partial charge in [-0.15, -0.1) is 10.2 Å². The van der Waals surface area contributed by atoms with Gasteiger partial charge in [0.15, 0.2) is 11.0 Å². The number of rotatable bonds is 7. The van der Waals surface area contributed by atoms with E-state index in [0.717, 1.165) is 24.4 Å². The number of hydrogen-bond donors (Lipinski definition) is 1. The highest BCUT2D eigenvalue weighted by molar-refractivity contribution is 8.00. The van der Waals surface area contributed by atoms with Crippen LogP contribution in [0.5, 0.6) is 0 Å². The molecule has 0 saturated carbocycles. The zero-order valence-corrected chi connectivity index (χ0v) is 16.5. The molecule has 0 aliphatic carbocycles. The van der Waals surface area contributed by atoms with Gasteiger partial charge in [-0.05, 0) is 43.7 Å². The van der Waals surface area contributed by atoms with Crippen LogP contribution in [-0.4, -0.2) is 30.9 Å². The van der Waals surface area contributed by atoms with E-state index >= 15 is 0 Å². The summed E-state index contributed by atoms with van der Waals surface area (Å²) in [6, 6.07) is 12.7. The van der Waals surface area contributed by atoms with Crippen molar-refractivity contribution in [3.8, 4) is 17.5 Å². The molecule has 0 spiro atoms. The Labute approximate surface area is 167 Å². The molecule has 142 valence electrons. The van der Waals surface area contributed by atoms with Crippen LogP contribution in [0.1, 0.15) is 25.8 Å². The van der Waals surface area contributed by atoms with E-state index < -0.39 is 0 Å². The van der Waals surface area contributed by atoms with Crippen molar-refractivity contribution in [2.45, 2.75) is 37.2 Å². The van der Waals surface area contributed by atoms with Crippen molar-refractivity contribution < 1.29 is 4.79 Å². The Bertz CT molecular complexity index is 995. The van der Waals surface area contributed by atoms with Gasteiger partial charge >= 0.3 is 0 Å². The highest BCUT2D eigenvalue weighted by Gasteiger charge is 2.20. The topological polar surface area (TPSA) is 96.5 Å². The fourth-order valence-electron chi connectivity index (χ4n) is 2.64. The third kappa shape index (κ3) is 4.56. The van der Waals surface area contributed by atoms with Gasteiger partial charge in [-0.3, -0.25) is 9.78 Å². The first-order valence-electron chi connectivity index (χ1n) is 8.93. The molecule has 0 aliphatic rings. The first-order chi connectivity index (χ1) is 13.6. The Kier molecular flexibility index (Phi) is 6.40. The number of nitrogens with one attached hydrogen (secondary N) is 1. The van der Waals surface area contributed by atoms with Crippen LogP contribution in [0.25, 0.3) is 11.4 Å². The van der Waals surface area contributed by atoms with E-state index in [0.29, 0.717) is 16.4 Å². The van der Waals surface area contributed by atoms with Crippen molar-refractivity contribution in [2.75, 3.05) is 5.32 Å². The monoisotopic (exact) mass is 392 g/mol. The average molecular weight is 392 g/mol. The highest BCUT2D eigenvalue weighted by Crippen LogP contribution is 2.27. The number of anilines is 1. The van der Waals surface area contributed by atoms with Crippen LogP contribution in [0.3, 0.4) is 0 Å². The Morgan fingerprint density at radius 1 is 1.29 bits per heavy atom. The molecule has 8 heteroatoms. The van der Waals surface area contributed by atoms with Crippen LogP contribution in [0.4, 0.5) is 5.69 Å². The molecule has 3 aromatic rings. The maximum absolute atomic E-state index is 12.6. The molecule has 7 nitrogen and oxygen atoms in total. The van der Waals surface area contributed by atoms with Crippen molar-refractivity contribution in [1.29, 1.82) is 5.26 Å². The largest absolute Gasteiger partial charge is 0.325 e. The van der Waals surface area contributed by atoms with Gasteiger partial charge in [0.1, 0.15) is 0 Å². The zero-order valence-electron chi connectivity index (χ0n) is 15.7. The van der Waals surface area contributed by atoms with E-state index in [1.54, 1.807) is 36.7 Å². The molecular weight excluding hydrogens is 372 g/mol. The normalized spacial score (nSPS) is 11.6. The minimum absolute atomic E-state index is 0.156. The van der Waals surface area contributed by atoms with Crippen LogP contribution >= 0.6 is 11.8 Å². The van der Waals surface area contributed by atoms with Crippen LogP contribution in [-0.2, 0) is 11.3 Å². The summed E-state index contributed by atoms with van der Waals surface area (Å²) in [6.07, 6.45) is 4.36. The highest BCUT2D eigenvalue weighted by atomic mass is 32.2. The SMILES string of the molecule is CCCn1c(S[C@@H](C)C(=O)Nc2cccc(C#N)c2)nnc1-c1ccncc1. The molecule has 2 heterocycles. The first-order valence-corrected chi connectivity index (χ1v) is 9.81. The Balaban J connectivity index is 1.76. The van der Waals surface area contributed by atoms with Gasteiger partial charge in [0.25, 0.3) is 0 Å². The van der Waals surface area contributed by atoms with Gasteiger partial charge in [-0.1, -0.05) is 24.8 Å². The van der Waals surface area contributed by atoms with E-state index in [1.807, 2.05) is 23.6 Å². The van der Waals surface area contributed by atoms with Crippen LogP contribution in [0.2, 0.25) is 0 Å². The molecule has 1 N–H and O–H groups in total. The Hall–Kier alpha value is -3.18. The summed E-state index contributed by atoms with van der Waals surface area (Å²) in [4.78, 5) is 16.6. The van der Waals surface area contributed by atoms with Crippen LogP contribution < -0.4 is 5.32 Å². The number of nitrogens with zero attached hydrogens (tertiary/aromatic N) is 5. The molecule has 28 heavy (non-hydrogen) atoms. The molecule has 0 bridgehead atoms. The first kappa shape index (κ1) is 19.6. The van der Waals surface area contributed by atoms with E-state index in [9.17, 15) is 4.79 Å². The predicted octanol–water partition coefficient (Wildman–Crippen LogP) is 3.74. The molecule has 0 aliphatic heterocycles. The number of benzene rings is 1. The lowest BCUT2D eigenvalue weighted by Gasteiger charge is -2.13. The molecule has 1 aromatic carbocycles. The molecule has 3 rings (SSSR count). The quantitative estimate of drug-likeness (QED) is 0.615. The predicted molar refractivity (Wildman–Crippen MR) is 109 cm³/mol. The molecule has 1 atom stereocenters. The van der Waals surface area contributed by atoms with Crippen molar-refractivity contribution in [3.05, 3.63) is 54.4 Å². The molecule has 2 aromatic heterocycles. The van der Waals surface area contributed by atoms with Gasteiger partial charge in [-0.2, -0.15) is 5.26 Å². The number of aromatic nitrogens is 4. The third-order valence-electron chi connectivity index (χ3n) is 4.01. The second-order valence-corrected chi connectivity index (χ2v) is 7.44. The fraction of sp³-hybridized carbons (Fsp3) is 0.250. The zero-order chi connectivity index (χ0) is 19.9. The molecular formula is C20H20N6OS. The Morgan fingerprint density at radius 2 is 2.07 bits per heavy atom. The van der Waals surface area contributed by atoms with Crippen LogP contribution in [0, 0.1) is 11.3 Å². The maximum Gasteiger partial charge on any atom is 0.237 e. The van der Waals surface area contributed by atoms with Gasteiger partial charge in [0.05, 0.1) is 16.9 Å². The second kappa shape index (κ2) is 9.15. The number of carbonyl (C=O) groups excluding carboxylic acids is 1. The molecule has 0 saturated heterocycles. The lowest BCUT2D eigenvalue weighted by Crippen LogP contribution is -2.23. The van der Waals surface area contributed by atoms with Gasteiger partial charge in [0.2, 0.25) is 5.91 Å². The molecule has 0 radical (unpaired) electrons. The maximum atomic E-state index is 12.6. The average Bonchev–Trinajstić information content (AvgIpc) is 3.11. The fourth-order valence-corrected chi connectivity index (χ4v) is 3.51. The standard InChI is InChI=1S/C20H20N6OS/c1-3-11-26-18(16-7-9-22-10-8-16)24-25-20(26)28-14(2)19(27)23-17-6-4-5-15(12-17)13-21/h4-10,12,14H,3,11H2,1-2H3,(H,23,27)/t14-/m0/s1. The minimum atomic E-state index is -0.379. The number of nitriles is 1. The van der Waals surface area contributed by atoms with Crippen molar-refractivity contribution in [1.82, 2.24) is 19.7 Å². The van der Waals surface area contributed by atoms with E-state index in [1.165, 1.54) is 11.8 Å². The lowest BCUT2D eigenvalue weighted by atomic mass is 10.2. The van der Waals surface area contributed by atoms with Crippen LogP contribution in [0.15, 0.2) is 53.9 Å².